The summed E-state index contributed by atoms with van der Waals surface area (Å²) in [6.45, 7) is 7.60. The number of aliphatic hydroxyl groups excluding tert-OH is 1. The second-order valence-corrected chi connectivity index (χ2v) is 5.04. The van der Waals surface area contributed by atoms with Crippen molar-refractivity contribution in [2.45, 2.75) is 39.7 Å². The van der Waals surface area contributed by atoms with E-state index in [9.17, 15) is 9.90 Å². The number of aromatic carboxylic acids is 1. The average Bonchev–Trinajstić information content (AvgIpc) is 2.37. The zero-order chi connectivity index (χ0) is 14.6. The fourth-order valence-electron chi connectivity index (χ4n) is 1.49. The SMILES string of the molecule is CC(C)c1ncc(NC(C)C(C)CO)c(C(=O)O)n1. The van der Waals surface area contributed by atoms with E-state index in [0.29, 0.717) is 11.5 Å². The molecule has 0 aliphatic rings. The number of nitrogens with one attached hydrogen (secondary N) is 1. The van der Waals surface area contributed by atoms with Gasteiger partial charge >= 0.3 is 5.97 Å². The molecule has 0 aliphatic heterocycles. The fourth-order valence-corrected chi connectivity index (χ4v) is 1.49. The van der Waals surface area contributed by atoms with Crippen LogP contribution in [0.15, 0.2) is 6.20 Å². The van der Waals surface area contributed by atoms with Crippen molar-refractivity contribution in [3.05, 3.63) is 17.7 Å². The number of carboxylic acid groups (broad SMARTS) is 1. The van der Waals surface area contributed by atoms with Gasteiger partial charge in [0, 0.05) is 18.6 Å². The van der Waals surface area contributed by atoms with E-state index in [-0.39, 0.29) is 30.2 Å². The van der Waals surface area contributed by atoms with Crippen molar-refractivity contribution in [2.75, 3.05) is 11.9 Å². The molecule has 6 nitrogen and oxygen atoms in total. The molecule has 106 valence electrons. The highest BCUT2D eigenvalue weighted by Gasteiger charge is 2.19. The molecule has 19 heavy (non-hydrogen) atoms. The number of rotatable bonds is 6. The lowest BCUT2D eigenvalue weighted by Gasteiger charge is -2.21. The minimum absolute atomic E-state index is 0.00594. The van der Waals surface area contributed by atoms with Crippen LogP contribution in [-0.2, 0) is 0 Å². The molecule has 1 aromatic heterocycles. The van der Waals surface area contributed by atoms with Crippen LogP contribution in [0.5, 0.6) is 0 Å². The molecule has 0 bridgehead atoms. The maximum absolute atomic E-state index is 11.2. The van der Waals surface area contributed by atoms with Gasteiger partial charge in [-0.25, -0.2) is 14.8 Å². The summed E-state index contributed by atoms with van der Waals surface area (Å²) in [6.07, 6.45) is 1.49. The molecule has 0 spiro atoms. The normalized spacial score (nSPS) is 14.2. The fraction of sp³-hybridized carbons (Fsp3) is 0.615. The van der Waals surface area contributed by atoms with Crippen LogP contribution in [0, 0.1) is 5.92 Å². The smallest absolute Gasteiger partial charge is 0.356 e. The maximum Gasteiger partial charge on any atom is 0.356 e. The minimum atomic E-state index is -1.09. The summed E-state index contributed by atoms with van der Waals surface area (Å²) in [5.74, 6) is -0.506. The second-order valence-electron chi connectivity index (χ2n) is 5.04. The lowest BCUT2D eigenvalue weighted by molar-refractivity contribution is 0.0691. The van der Waals surface area contributed by atoms with Crippen LogP contribution in [-0.4, -0.2) is 38.8 Å². The molecule has 0 saturated heterocycles. The van der Waals surface area contributed by atoms with Gasteiger partial charge in [-0.15, -0.1) is 0 Å². The van der Waals surface area contributed by atoms with Gasteiger partial charge in [-0.3, -0.25) is 0 Å². The first kappa shape index (κ1) is 15.4. The second kappa shape index (κ2) is 6.47. The third-order valence-electron chi connectivity index (χ3n) is 3.05. The highest BCUT2D eigenvalue weighted by molar-refractivity contribution is 5.91. The molecular formula is C13H21N3O3. The van der Waals surface area contributed by atoms with Crippen LogP contribution in [0.2, 0.25) is 0 Å². The van der Waals surface area contributed by atoms with Crippen LogP contribution in [0.4, 0.5) is 5.69 Å². The molecule has 3 N–H and O–H groups in total. The van der Waals surface area contributed by atoms with E-state index in [1.54, 1.807) is 0 Å². The Kier molecular flexibility index (Phi) is 5.23. The van der Waals surface area contributed by atoms with Gasteiger partial charge in [0.05, 0.1) is 11.9 Å². The maximum atomic E-state index is 11.2. The van der Waals surface area contributed by atoms with Crippen LogP contribution >= 0.6 is 0 Å². The molecule has 0 aliphatic carbocycles. The van der Waals surface area contributed by atoms with Crippen LogP contribution in [0.25, 0.3) is 0 Å². The summed E-state index contributed by atoms with van der Waals surface area (Å²) >= 11 is 0. The summed E-state index contributed by atoms with van der Waals surface area (Å²) in [5.41, 5.74) is 0.348. The van der Waals surface area contributed by atoms with Crippen molar-refractivity contribution in [3.63, 3.8) is 0 Å². The Morgan fingerprint density at radius 1 is 1.37 bits per heavy atom. The molecule has 1 heterocycles. The number of hydrogen-bond donors (Lipinski definition) is 3. The van der Waals surface area contributed by atoms with E-state index in [1.807, 2.05) is 27.7 Å². The van der Waals surface area contributed by atoms with E-state index >= 15 is 0 Å². The van der Waals surface area contributed by atoms with Crippen LogP contribution < -0.4 is 5.32 Å². The van der Waals surface area contributed by atoms with Gasteiger partial charge in [-0.2, -0.15) is 0 Å². The Labute approximate surface area is 112 Å². The standard InChI is InChI=1S/C13H21N3O3/c1-7(2)12-14-5-10(11(16-12)13(18)19)15-9(4)8(3)6-17/h5,7-9,15,17H,6H2,1-4H3,(H,18,19). The predicted octanol–water partition coefficient (Wildman–Crippen LogP) is 1.73. The molecule has 2 unspecified atom stereocenters. The third-order valence-corrected chi connectivity index (χ3v) is 3.05. The molecule has 0 aromatic carbocycles. The lowest BCUT2D eigenvalue weighted by atomic mass is 10.0. The largest absolute Gasteiger partial charge is 0.476 e. The Morgan fingerprint density at radius 2 is 2.00 bits per heavy atom. The Balaban J connectivity index is 3.03. The van der Waals surface area contributed by atoms with Gasteiger partial charge in [0.2, 0.25) is 0 Å². The van der Waals surface area contributed by atoms with Crippen molar-refractivity contribution in [1.82, 2.24) is 9.97 Å². The van der Waals surface area contributed by atoms with E-state index in [2.05, 4.69) is 15.3 Å². The predicted molar refractivity (Wildman–Crippen MR) is 72.4 cm³/mol. The molecule has 6 heteroatoms. The van der Waals surface area contributed by atoms with Gasteiger partial charge in [-0.1, -0.05) is 20.8 Å². The van der Waals surface area contributed by atoms with Crippen molar-refractivity contribution < 1.29 is 15.0 Å². The first-order valence-electron chi connectivity index (χ1n) is 6.34. The number of nitrogens with zero attached hydrogens (tertiary/aromatic N) is 2. The first-order valence-corrected chi connectivity index (χ1v) is 6.34. The van der Waals surface area contributed by atoms with Crippen molar-refractivity contribution in [2.24, 2.45) is 5.92 Å². The summed E-state index contributed by atoms with van der Waals surface area (Å²) in [6, 6.07) is -0.0726. The number of hydrogen-bond acceptors (Lipinski definition) is 5. The van der Waals surface area contributed by atoms with E-state index in [0.717, 1.165) is 0 Å². The number of aromatic nitrogens is 2. The Morgan fingerprint density at radius 3 is 2.47 bits per heavy atom. The Bertz CT molecular complexity index is 449. The summed E-state index contributed by atoms with van der Waals surface area (Å²) in [7, 11) is 0. The molecule has 1 rings (SSSR count). The lowest BCUT2D eigenvalue weighted by Crippen LogP contribution is -2.27. The number of carbonyl (C=O) groups is 1. The molecule has 1 aromatic rings. The quantitative estimate of drug-likeness (QED) is 0.726. The average molecular weight is 267 g/mol. The number of anilines is 1. The van der Waals surface area contributed by atoms with Crippen molar-refractivity contribution in [3.8, 4) is 0 Å². The zero-order valence-corrected chi connectivity index (χ0v) is 11.7. The molecule has 2 atom stereocenters. The first-order chi connectivity index (χ1) is 8.86. The van der Waals surface area contributed by atoms with Gasteiger partial charge in [0.15, 0.2) is 5.69 Å². The minimum Gasteiger partial charge on any atom is -0.476 e. The summed E-state index contributed by atoms with van der Waals surface area (Å²) < 4.78 is 0. The number of carboxylic acids is 1. The molecule has 0 radical (unpaired) electrons. The number of aliphatic hydroxyl groups is 1. The van der Waals surface area contributed by atoms with Crippen LogP contribution in [0.3, 0.4) is 0 Å². The van der Waals surface area contributed by atoms with Gasteiger partial charge < -0.3 is 15.5 Å². The van der Waals surface area contributed by atoms with E-state index in [4.69, 9.17) is 5.11 Å². The van der Waals surface area contributed by atoms with Gasteiger partial charge in [0.1, 0.15) is 5.82 Å². The summed E-state index contributed by atoms with van der Waals surface area (Å²) in [5, 5.41) is 21.3. The third kappa shape index (κ3) is 3.89. The van der Waals surface area contributed by atoms with Crippen molar-refractivity contribution in [1.29, 1.82) is 0 Å². The molecule has 0 fully saturated rings. The van der Waals surface area contributed by atoms with Crippen molar-refractivity contribution >= 4 is 11.7 Å². The van der Waals surface area contributed by atoms with Gasteiger partial charge in [0.25, 0.3) is 0 Å². The van der Waals surface area contributed by atoms with Gasteiger partial charge in [-0.05, 0) is 12.8 Å². The highest BCUT2D eigenvalue weighted by Crippen LogP contribution is 2.18. The van der Waals surface area contributed by atoms with E-state index in [1.165, 1.54) is 6.20 Å². The zero-order valence-electron chi connectivity index (χ0n) is 11.7. The summed E-state index contributed by atoms with van der Waals surface area (Å²) in [4.78, 5) is 19.5. The highest BCUT2D eigenvalue weighted by atomic mass is 16.4. The topological polar surface area (TPSA) is 95.3 Å². The monoisotopic (exact) mass is 267 g/mol. The molecule has 0 amide bonds. The molecular weight excluding hydrogens is 246 g/mol. The Hall–Kier alpha value is -1.69. The van der Waals surface area contributed by atoms with Crippen LogP contribution in [0.1, 0.15) is 49.9 Å². The molecule has 0 saturated carbocycles. The van der Waals surface area contributed by atoms with E-state index < -0.39 is 5.97 Å².